The highest BCUT2D eigenvalue weighted by Gasteiger charge is 2.43. The number of hydrogen-bond donors (Lipinski definition) is 1. The Morgan fingerprint density at radius 1 is 1.14 bits per heavy atom. The van der Waals surface area contributed by atoms with Crippen molar-refractivity contribution in [2.24, 2.45) is 4.99 Å². The van der Waals surface area contributed by atoms with Crippen LogP contribution in [-0.4, -0.2) is 48.3 Å². The van der Waals surface area contributed by atoms with Crippen molar-refractivity contribution in [1.82, 2.24) is 15.2 Å². The Bertz CT molecular complexity index is 1240. The quantitative estimate of drug-likeness (QED) is 0.508. The van der Waals surface area contributed by atoms with Gasteiger partial charge in [-0.15, -0.1) is 0 Å². The molecule has 0 saturated carbocycles. The van der Waals surface area contributed by atoms with Gasteiger partial charge in [0.25, 0.3) is 0 Å². The second kappa shape index (κ2) is 11.3. The zero-order valence-electron chi connectivity index (χ0n) is 20.6. The van der Waals surface area contributed by atoms with Gasteiger partial charge in [0.2, 0.25) is 5.91 Å². The predicted molar refractivity (Wildman–Crippen MR) is 137 cm³/mol. The van der Waals surface area contributed by atoms with Gasteiger partial charge in [0.05, 0.1) is 45.1 Å². The van der Waals surface area contributed by atoms with Gasteiger partial charge in [0.1, 0.15) is 0 Å². The van der Waals surface area contributed by atoms with Crippen LogP contribution >= 0.6 is 11.8 Å². The number of ether oxygens (including phenoxy) is 3. The van der Waals surface area contributed by atoms with Gasteiger partial charge in [0, 0.05) is 30.2 Å². The molecule has 0 radical (unpaired) electrons. The summed E-state index contributed by atoms with van der Waals surface area (Å²) < 4.78 is 16.4. The number of amidine groups is 1. The van der Waals surface area contributed by atoms with E-state index in [4.69, 9.17) is 19.2 Å². The summed E-state index contributed by atoms with van der Waals surface area (Å²) in [5, 5.41) is 5.52. The number of carbonyl (C=O) groups is 2. The molecular formula is C26H28N4O5S. The summed E-state index contributed by atoms with van der Waals surface area (Å²) in [5.41, 5.74) is 3.36. The number of esters is 1. The molecule has 10 heteroatoms. The van der Waals surface area contributed by atoms with E-state index in [0.29, 0.717) is 52.2 Å². The first-order valence-corrected chi connectivity index (χ1v) is 12.3. The summed E-state index contributed by atoms with van der Waals surface area (Å²) in [7, 11) is 4.47. The number of fused-ring (bicyclic) bond motifs is 1. The molecule has 1 N–H and O–H groups in total. The number of nitrogens with zero attached hydrogens (tertiary/aromatic N) is 3. The van der Waals surface area contributed by atoms with Crippen molar-refractivity contribution in [3.05, 3.63) is 76.2 Å². The van der Waals surface area contributed by atoms with Crippen molar-refractivity contribution in [3.8, 4) is 11.5 Å². The van der Waals surface area contributed by atoms with E-state index in [1.54, 1.807) is 32.7 Å². The molecule has 2 aromatic rings. The summed E-state index contributed by atoms with van der Waals surface area (Å²) >= 11 is 1.42. The summed E-state index contributed by atoms with van der Waals surface area (Å²) in [4.78, 5) is 36.8. The highest BCUT2D eigenvalue weighted by atomic mass is 32.2. The summed E-state index contributed by atoms with van der Waals surface area (Å²) in [6.45, 7) is 2.31. The molecule has 1 aromatic heterocycles. The number of thioether (sulfide) groups is 1. The maximum atomic E-state index is 13.1. The lowest BCUT2D eigenvalue weighted by Gasteiger charge is -2.37. The van der Waals surface area contributed by atoms with Crippen molar-refractivity contribution in [2.45, 2.75) is 32.4 Å². The van der Waals surface area contributed by atoms with Gasteiger partial charge >= 0.3 is 5.97 Å². The number of carbonyl (C=O) groups excluding carboxylic acids is 2. The van der Waals surface area contributed by atoms with Crippen LogP contribution in [0.4, 0.5) is 0 Å². The van der Waals surface area contributed by atoms with Crippen LogP contribution < -0.4 is 14.8 Å². The third kappa shape index (κ3) is 4.94. The molecule has 0 spiro atoms. The number of pyridine rings is 1. The minimum Gasteiger partial charge on any atom is -0.493 e. The zero-order valence-corrected chi connectivity index (χ0v) is 21.4. The Kier molecular flexibility index (Phi) is 7.94. The van der Waals surface area contributed by atoms with E-state index in [1.165, 1.54) is 18.9 Å². The van der Waals surface area contributed by atoms with Crippen LogP contribution in [0.25, 0.3) is 0 Å². The largest absolute Gasteiger partial charge is 0.493 e. The molecule has 1 atom stereocenters. The molecule has 3 heterocycles. The molecule has 9 nitrogen and oxygen atoms in total. The molecule has 4 rings (SSSR count). The van der Waals surface area contributed by atoms with E-state index in [1.807, 2.05) is 41.5 Å². The average molecular weight is 509 g/mol. The summed E-state index contributed by atoms with van der Waals surface area (Å²) in [6, 6.07) is 8.63. The number of methoxy groups -OCH3 is 3. The van der Waals surface area contributed by atoms with Crippen molar-refractivity contribution < 1.29 is 23.8 Å². The zero-order chi connectivity index (χ0) is 25.7. The molecule has 1 amide bonds. The smallest absolute Gasteiger partial charge is 0.338 e. The topological polar surface area (TPSA) is 102 Å². The Morgan fingerprint density at radius 2 is 1.97 bits per heavy atom. The summed E-state index contributed by atoms with van der Waals surface area (Å²) in [6.07, 6.45) is 4.04. The van der Waals surface area contributed by atoms with Crippen LogP contribution in [0.5, 0.6) is 11.5 Å². The highest BCUT2D eigenvalue weighted by molar-refractivity contribution is 8.16. The average Bonchev–Trinajstić information content (AvgIpc) is 3.32. The number of hydrogen-bond acceptors (Lipinski definition) is 9. The van der Waals surface area contributed by atoms with Crippen molar-refractivity contribution in [3.63, 3.8) is 0 Å². The highest BCUT2D eigenvalue weighted by Crippen LogP contribution is 2.49. The first-order chi connectivity index (χ1) is 17.5. The molecule has 0 saturated heterocycles. The Balaban J connectivity index is 1.71. The van der Waals surface area contributed by atoms with Crippen LogP contribution in [0.2, 0.25) is 0 Å². The van der Waals surface area contributed by atoms with E-state index in [2.05, 4.69) is 10.3 Å². The third-order valence-corrected chi connectivity index (χ3v) is 6.80. The number of benzene rings is 1. The molecule has 188 valence electrons. The normalized spacial score (nSPS) is 16.7. The second-order valence-corrected chi connectivity index (χ2v) is 8.83. The molecule has 2 aliphatic heterocycles. The molecule has 0 bridgehead atoms. The fourth-order valence-electron chi connectivity index (χ4n) is 4.26. The van der Waals surface area contributed by atoms with Gasteiger partial charge < -0.3 is 24.4 Å². The number of aromatic nitrogens is 1. The van der Waals surface area contributed by atoms with Gasteiger partial charge in [-0.2, -0.15) is 0 Å². The number of nitrogens with one attached hydrogen (secondary N) is 1. The lowest BCUT2D eigenvalue weighted by molar-refractivity contribution is -0.136. The number of rotatable bonds is 9. The molecule has 36 heavy (non-hydrogen) atoms. The predicted octanol–water partition coefficient (Wildman–Crippen LogP) is 3.94. The molecule has 0 unspecified atom stereocenters. The van der Waals surface area contributed by atoms with Crippen LogP contribution in [0.15, 0.2) is 70.1 Å². The van der Waals surface area contributed by atoms with Gasteiger partial charge in [-0.25, -0.2) is 9.79 Å². The number of aliphatic imine (C=N–C) groups is 1. The standard InChI is InChI=1S/C26H28N4O5S/c1-5-19-22(25(32)35-4)23(18-9-6-10-20(33-2)24(18)34-3)30-17(15-36-26(30)29-19)12-21(31)28-14-16-8-7-11-27-13-16/h6-11,13,15,23H,5,12,14H2,1-4H3,(H,28,31)/t23-/m0/s1. The van der Waals surface area contributed by atoms with Crippen molar-refractivity contribution in [1.29, 1.82) is 0 Å². The Morgan fingerprint density at radius 3 is 2.64 bits per heavy atom. The van der Waals surface area contributed by atoms with Gasteiger partial charge in [-0.1, -0.05) is 36.9 Å². The van der Waals surface area contributed by atoms with Crippen LogP contribution in [0.1, 0.15) is 36.9 Å². The first-order valence-electron chi connectivity index (χ1n) is 11.4. The van der Waals surface area contributed by atoms with E-state index in [0.717, 1.165) is 5.56 Å². The minimum atomic E-state index is -0.614. The molecule has 2 aliphatic rings. The van der Waals surface area contributed by atoms with Gasteiger partial charge in [-0.05, 0) is 29.5 Å². The number of allylic oxidation sites excluding steroid dienone is 1. The fraction of sp³-hybridized carbons (Fsp3) is 0.308. The first kappa shape index (κ1) is 25.3. The Labute approximate surface area is 214 Å². The van der Waals surface area contributed by atoms with E-state index in [9.17, 15) is 9.59 Å². The van der Waals surface area contributed by atoms with E-state index < -0.39 is 12.0 Å². The lowest BCUT2D eigenvalue weighted by atomic mass is 9.92. The number of para-hydroxylation sites is 1. The van der Waals surface area contributed by atoms with Crippen LogP contribution in [0, 0.1) is 0 Å². The van der Waals surface area contributed by atoms with Crippen molar-refractivity contribution in [2.75, 3.05) is 21.3 Å². The Hall–Kier alpha value is -3.79. The molecule has 0 fully saturated rings. The van der Waals surface area contributed by atoms with Crippen LogP contribution in [-0.2, 0) is 20.9 Å². The molecule has 1 aromatic carbocycles. The third-order valence-electron chi connectivity index (χ3n) is 5.91. The minimum absolute atomic E-state index is 0.102. The van der Waals surface area contributed by atoms with Gasteiger partial charge in [-0.3, -0.25) is 9.78 Å². The van der Waals surface area contributed by atoms with Crippen LogP contribution in [0.3, 0.4) is 0 Å². The summed E-state index contributed by atoms with van der Waals surface area (Å²) in [5.74, 6) is 0.392. The van der Waals surface area contributed by atoms with Gasteiger partial charge in [0.15, 0.2) is 16.7 Å². The molecule has 0 aliphatic carbocycles. The SMILES string of the molecule is CCC1=C(C(=O)OC)[C@H](c2cccc(OC)c2OC)N2C(CC(=O)NCc3cccnc3)=CSC2=N1. The maximum Gasteiger partial charge on any atom is 0.338 e. The van der Waals surface area contributed by atoms with E-state index in [-0.39, 0.29) is 12.3 Å². The maximum absolute atomic E-state index is 13.1. The second-order valence-electron chi connectivity index (χ2n) is 8.00. The lowest BCUT2D eigenvalue weighted by Crippen LogP contribution is -2.38. The fourth-order valence-corrected chi connectivity index (χ4v) is 5.20. The number of amides is 1. The monoisotopic (exact) mass is 508 g/mol. The van der Waals surface area contributed by atoms with E-state index >= 15 is 0 Å². The molecular weight excluding hydrogens is 480 g/mol. The van der Waals surface area contributed by atoms with Crippen molar-refractivity contribution >= 4 is 28.8 Å².